The molecule has 498 valence electrons. The highest BCUT2D eigenvalue weighted by Crippen LogP contribution is 2.34. The van der Waals surface area contributed by atoms with Crippen molar-refractivity contribution >= 4 is 58.9 Å². The monoisotopic (exact) mass is 1260 g/mol. The molecular formula is C67H111B6N7O11. The van der Waals surface area contributed by atoms with Gasteiger partial charge in [-0.15, -0.1) is 10.2 Å². The zero-order chi connectivity index (χ0) is 69.0. The summed E-state index contributed by atoms with van der Waals surface area (Å²) in [4.78, 5) is 17.0. The normalized spacial score (nSPS) is 17.0. The predicted molar refractivity (Wildman–Crippen MR) is 376 cm³/mol. The maximum absolute atomic E-state index is 10.5. The van der Waals surface area contributed by atoms with E-state index in [9.17, 15) is 9.82 Å². The SMILES string of the molecule is CB1Cc2ccc(C(C)(C)C)cc2O1.CB1OCc2cc(C(C)(C)C)ccc21.CB1OCc2ccc(C(C)(C)C)cc21.CC(C)(C)C1=CCOB1O.CC(C)(C)C1=NCB(O)O1.CC(C)(C)C1CCB(O)O1.CC(C)(C)c1nn[nH]n1.CC(C)(C)c1noc(=O)[nH]1. The first-order chi connectivity index (χ1) is 41.5. The number of fused-ring (bicyclic) bond motifs is 3. The number of hydrogen-bond donors (Lipinski definition) is 5. The smallest absolute Gasteiger partial charge is 0.546 e. The van der Waals surface area contributed by atoms with Gasteiger partial charge in [0.15, 0.2) is 17.5 Å². The molecule has 11 rings (SSSR count). The molecule has 1 unspecified atom stereocenters. The standard InChI is InChI=1S/3C12H17BO.C7H13BO2.C7H15BO2.C6H12BNO2.C6H10N2O2.C5H10N4/c1-12(2,3)10-5-6-11-9(7-10)8-14-13(11)4;1-12(2,3)10-6-5-9-8-14-13(4)11(9)7-10;1-12(2,3)10-6-5-9-8-13(4)14-11(9)7-10;1-7(2,3)6-4-5-10-8(6)9;1-7(2,3)6-4-5-8(9)10-6;1-6(2,3)5-8-4-7(9)10-5;1-6(2,3)4-7-5(9)10-8-4;1-5(2,3)4-6-8-9-7-4/h3*5-7H,8H2,1-4H3;4,9H,5H2,1-3H3;6,9H,4-5H2,1-3H3;9H,4H2,1-3H3;1-3H3,(H,7,8,9);1-3H3,(H,6,7,8,9). The first-order valence-corrected chi connectivity index (χ1v) is 32.4. The lowest BCUT2D eigenvalue weighted by molar-refractivity contribution is 0.0909. The van der Waals surface area contributed by atoms with Crippen molar-refractivity contribution < 1.29 is 47.5 Å². The summed E-state index contributed by atoms with van der Waals surface area (Å²) in [5.41, 5.74) is 12.6. The molecule has 0 radical (unpaired) electrons. The minimum Gasteiger partial charge on any atom is -0.561 e. The maximum atomic E-state index is 10.5. The average Bonchev–Trinajstić information content (AvgIpc) is 1.78. The van der Waals surface area contributed by atoms with Crippen molar-refractivity contribution in [3.8, 4) is 5.75 Å². The summed E-state index contributed by atoms with van der Waals surface area (Å²) in [6, 6.07) is 20.1. The van der Waals surface area contributed by atoms with Crippen molar-refractivity contribution in [1.82, 2.24) is 30.8 Å². The fraction of sp³-hybridized carbons (Fsp3) is 0.642. The molecule has 0 bridgehead atoms. The van der Waals surface area contributed by atoms with Crippen molar-refractivity contribution in [3.63, 3.8) is 0 Å². The Morgan fingerprint density at radius 3 is 1.51 bits per heavy atom. The lowest BCUT2D eigenvalue weighted by Gasteiger charge is -2.26. The Balaban J connectivity index is 0.000000223. The molecule has 6 aliphatic rings. The third-order valence-corrected chi connectivity index (χ3v) is 15.7. The van der Waals surface area contributed by atoms with Crippen LogP contribution in [0.25, 0.3) is 0 Å². The molecule has 0 spiro atoms. The lowest BCUT2D eigenvalue weighted by Crippen LogP contribution is -2.27. The minimum atomic E-state index is -0.714. The van der Waals surface area contributed by atoms with Gasteiger partial charge in [-0.3, -0.25) is 14.5 Å². The van der Waals surface area contributed by atoms with Crippen molar-refractivity contribution in [1.29, 1.82) is 0 Å². The molecule has 1 saturated heterocycles. The summed E-state index contributed by atoms with van der Waals surface area (Å²) < 4.78 is 36.5. The quantitative estimate of drug-likeness (QED) is 0.0906. The van der Waals surface area contributed by atoms with Crippen LogP contribution in [-0.2, 0) is 69.9 Å². The minimum absolute atomic E-state index is 0.00694. The van der Waals surface area contributed by atoms with E-state index in [4.69, 9.17) is 38.0 Å². The van der Waals surface area contributed by atoms with E-state index in [2.05, 4.69) is 219 Å². The lowest BCUT2D eigenvalue weighted by atomic mass is 9.63. The van der Waals surface area contributed by atoms with Gasteiger partial charge >= 0.3 is 47.9 Å². The number of aliphatic imine (C=N–C) groups is 1. The summed E-state index contributed by atoms with van der Waals surface area (Å²) in [5.74, 6) is 2.58. The molecule has 3 aromatic carbocycles. The maximum Gasteiger partial charge on any atom is 0.546 e. The molecular weight excluding hydrogens is 1140 g/mol. The highest BCUT2D eigenvalue weighted by molar-refractivity contribution is 6.68. The molecule has 0 saturated carbocycles. The number of tetrazole rings is 1. The van der Waals surface area contributed by atoms with Gasteiger partial charge in [0.25, 0.3) is 0 Å². The third kappa shape index (κ3) is 25.2. The van der Waals surface area contributed by atoms with Crippen LogP contribution in [0.5, 0.6) is 5.75 Å². The second kappa shape index (κ2) is 31.8. The van der Waals surface area contributed by atoms with E-state index < -0.39 is 27.1 Å². The number of hydrogen-bond acceptors (Lipinski definition) is 16. The van der Waals surface area contributed by atoms with E-state index in [1.807, 2.05) is 68.4 Å². The first-order valence-electron chi connectivity index (χ1n) is 32.4. The average molecular weight is 1260 g/mol. The fourth-order valence-corrected chi connectivity index (χ4v) is 9.81. The molecule has 0 aliphatic carbocycles. The van der Waals surface area contributed by atoms with E-state index in [0.717, 1.165) is 49.3 Å². The van der Waals surface area contributed by atoms with E-state index in [-0.39, 0.29) is 63.3 Å². The summed E-state index contributed by atoms with van der Waals surface area (Å²) in [6.45, 7) is 60.1. The summed E-state index contributed by atoms with van der Waals surface area (Å²) in [5, 5.41) is 44.3. The van der Waals surface area contributed by atoms with Crippen LogP contribution in [-0.4, -0.2) is 113 Å². The van der Waals surface area contributed by atoms with Crippen LogP contribution in [0.1, 0.15) is 218 Å². The Bertz CT molecular complexity index is 3190. The third-order valence-electron chi connectivity index (χ3n) is 15.7. The molecule has 1 atom stereocenters. The molecule has 5 N–H and O–H groups in total. The second-order valence-electron chi connectivity index (χ2n) is 32.7. The van der Waals surface area contributed by atoms with Gasteiger partial charge in [0.1, 0.15) is 5.75 Å². The second-order valence-corrected chi connectivity index (χ2v) is 32.7. The highest BCUT2D eigenvalue weighted by Gasteiger charge is 2.37. The first kappa shape index (κ1) is 78.2. The van der Waals surface area contributed by atoms with Crippen LogP contribution in [0, 0.1) is 16.2 Å². The molecule has 24 heteroatoms. The Labute approximate surface area is 548 Å². The zero-order valence-corrected chi connectivity index (χ0v) is 60.6. The number of nitrogens with zero attached hydrogens (tertiary/aromatic N) is 5. The van der Waals surface area contributed by atoms with E-state index in [1.54, 1.807) is 0 Å². The Hall–Kier alpha value is -5.21. The van der Waals surface area contributed by atoms with Crippen LogP contribution >= 0.6 is 0 Å². The van der Waals surface area contributed by atoms with Gasteiger partial charge in [-0.1, -0.05) is 245 Å². The topological polar surface area (TPSA) is 242 Å². The van der Waals surface area contributed by atoms with E-state index in [1.165, 1.54) is 44.3 Å². The summed E-state index contributed by atoms with van der Waals surface area (Å²) in [7, 11) is -1.89. The number of H-pyrrole nitrogens is 2. The Morgan fingerprint density at radius 1 is 0.571 bits per heavy atom. The van der Waals surface area contributed by atoms with E-state index in [0.29, 0.717) is 31.7 Å². The molecule has 91 heavy (non-hydrogen) atoms. The number of aromatic amines is 2. The molecule has 0 amide bonds. The molecule has 6 aliphatic heterocycles. The largest absolute Gasteiger partial charge is 0.561 e. The number of aromatic nitrogens is 6. The zero-order valence-electron chi connectivity index (χ0n) is 60.6. The van der Waals surface area contributed by atoms with Gasteiger partial charge in [0.2, 0.25) is 0 Å². The Morgan fingerprint density at radius 2 is 1.12 bits per heavy atom. The van der Waals surface area contributed by atoms with Gasteiger partial charge in [-0.05, 0) is 109 Å². The predicted octanol–water partition coefficient (Wildman–Crippen LogP) is 11.7. The van der Waals surface area contributed by atoms with Crippen molar-refractivity contribution in [2.45, 2.75) is 252 Å². The summed E-state index contributed by atoms with van der Waals surface area (Å²) >= 11 is 0. The molecule has 8 heterocycles. The summed E-state index contributed by atoms with van der Waals surface area (Å²) in [6.07, 6.45) is 5.41. The van der Waals surface area contributed by atoms with Crippen LogP contribution in [0.3, 0.4) is 0 Å². The van der Waals surface area contributed by atoms with Gasteiger partial charge in [0, 0.05) is 29.0 Å². The number of rotatable bonds is 0. The molecule has 18 nitrogen and oxygen atoms in total. The molecule has 5 aromatic rings. The number of benzene rings is 3. The van der Waals surface area contributed by atoms with Gasteiger partial charge < -0.3 is 43.0 Å². The van der Waals surface area contributed by atoms with Crippen LogP contribution in [0.4, 0.5) is 0 Å². The molecule has 1 fully saturated rings. The highest BCUT2D eigenvalue weighted by atomic mass is 16.5. The fourth-order valence-electron chi connectivity index (χ4n) is 9.81. The number of allylic oxidation sites excluding steroid dienone is 1. The molecule has 2 aromatic heterocycles. The van der Waals surface area contributed by atoms with Crippen LogP contribution in [0.15, 0.2) is 80.5 Å². The van der Waals surface area contributed by atoms with Gasteiger partial charge in [0.05, 0.1) is 19.7 Å². The van der Waals surface area contributed by atoms with Crippen molar-refractivity contribution in [3.05, 3.63) is 122 Å². The Kier molecular flexibility index (Phi) is 27.4. The van der Waals surface area contributed by atoms with Gasteiger partial charge in [-0.2, -0.15) is 5.21 Å². The van der Waals surface area contributed by atoms with Crippen LogP contribution < -0.4 is 21.3 Å². The van der Waals surface area contributed by atoms with Crippen molar-refractivity contribution in [2.75, 3.05) is 13.1 Å². The van der Waals surface area contributed by atoms with Crippen molar-refractivity contribution in [2.24, 2.45) is 21.2 Å². The number of nitrogens with one attached hydrogen (secondary N) is 2. The van der Waals surface area contributed by atoms with E-state index >= 15 is 0 Å². The van der Waals surface area contributed by atoms with Crippen LogP contribution in [0.2, 0.25) is 26.8 Å². The van der Waals surface area contributed by atoms with Gasteiger partial charge in [-0.25, -0.2) is 4.79 Å².